The molecule has 0 amide bonds. The highest BCUT2D eigenvalue weighted by molar-refractivity contribution is 5.74. The Morgan fingerprint density at radius 3 is 1.27 bits per heavy atom. The first-order chi connectivity index (χ1) is 37.6. The van der Waals surface area contributed by atoms with Crippen molar-refractivity contribution >= 4 is 23.9 Å². The molecule has 0 aromatic rings. The van der Waals surface area contributed by atoms with E-state index in [9.17, 15) is 34.5 Å². The van der Waals surface area contributed by atoms with Gasteiger partial charge in [-0.15, -0.1) is 0 Å². The monoisotopic (exact) mass is 1080 g/mol. The van der Waals surface area contributed by atoms with Gasteiger partial charge in [0.05, 0.1) is 6.61 Å². The highest BCUT2D eigenvalue weighted by Crippen LogP contribution is 2.26. The summed E-state index contributed by atoms with van der Waals surface area (Å²) in [5.74, 6) is -3.13. The van der Waals surface area contributed by atoms with Crippen LogP contribution in [-0.2, 0) is 42.9 Å². The molecule has 0 bridgehead atoms. The standard InChI is InChI=1S/C65H112O12/c1-4-7-10-13-16-19-22-25-27-28-29-30-32-34-36-39-42-45-48-51-57(66)73-54-56(75-58(67)52-49-46-43-40-38-35-31-26-23-20-17-14-11-8-5-2)55-74-65-63(61(70)60(69)62(77-65)64(71)72)76-59(68)53-50-47-44-41-37-33-24-21-18-15-12-9-6-3/h7,10,16,19,21,24-25,27,29-30,56,60-63,65,69-70H,4-6,8-9,11-15,17-18,20,22-23,26,28,31-55H2,1-3H3,(H,71,72)/b10-7-,19-16-,24-21-,27-25-,30-29-. The van der Waals surface area contributed by atoms with Crippen molar-refractivity contribution in [1.82, 2.24) is 0 Å². The van der Waals surface area contributed by atoms with E-state index in [-0.39, 0.29) is 25.9 Å². The molecule has 1 saturated heterocycles. The minimum absolute atomic E-state index is 0.0498. The number of hydrogen-bond acceptors (Lipinski definition) is 11. The minimum atomic E-state index is -1.91. The van der Waals surface area contributed by atoms with Gasteiger partial charge in [-0.2, -0.15) is 0 Å². The molecule has 6 unspecified atom stereocenters. The van der Waals surface area contributed by atoms with E-state index >= 15 is 0 Å². The number of carbonyl (C=O) groups excluding carboxylic acids is 3. The van der Waals surface area contributed by atoms with Crippen molar-refractivity contribution in [3.8, 4) is 0 Å². The summed E-state index contributed by atoms with van der Waals surface area (Å²) in [6, 6.07) is 0. The molecule has 0 aliphatic carbocycles. The van der Waals surface area contributed by atoms with Crippen molar-refractivity contribution in [2.75, 3.05) is 13.2 Å². The maximum atomic E-state index is 13.2. The second-order valence-electron chi connectivity index (χ2n) is 21.3. The van der Waals surface area contributed by atoms with Gasteiger partial charge < -0.3 is 39.0 Å². The summed E-state index contributed by atoms with van der Waals surface area (Å²) in [6.45, 7) is 5.87. The fourth-order valence-corrected chi connectivity index (χ4v) is 9.30. The number of carboxylic acid groups (broad SMARTS) is 1. The zero-order valence-corrected chi connectivity index (χ0v) is 49.0. The lowest BCUT2D eigenvalue weighted by molar-refractivity contribution is -0.301. The lowest BCUT2D eigenvalue weighted by Crippen LogP contribution is -2.61. The molecule has 3 N–H and O–H groups in total. The molecule has 1 aliphatic heterocycles. The molecular formula is C65H112O12. The topological polar surface area (TPSA) is 175 Å². The maximum absolute atomic E-state index is 13.2. The molecule has 1 rings (SSSR count). The average Bonchev–Trinajstić information content (AvgIpc) is 3.42. The number of aliphatic hydroxyl groups is 2. The summed E-state index contributed by atoms with van der Waals surface area (Å²) in [4.78, 5) is 51.2. The van der Waals surface area contributed by atoms with Gasteiger partial charge in [0.25, 0.3) is 0 Å². The normalized spacial score (nSPS) is 18.4. The summed E-state index contributed by atoms with van der Waals surface area (Å²) in [5, 5.41) is 31.5. The van der Waals surface area contributed by atoms with Crippen LogP contribution in [0.1, 0.15) is 278 Å². The number of aliphatic hydroxyl groups excluding tert-OH is 2. The Bertz CT molecular complexity index is 1570. The number of allylic oxidation sites excluding steroid dienone is 10. The molecule has 0 spiro atoms. The smallest absolute Gasteiger partial charge is 0.335 e. The Hall–Kier alpha value is -3.58. The number of rotatable bonds is 53. The van der Waals surface area contributed by atoms with Crippen LogP contribution in [0.4, 0.5) is 0 Å². The molecule has 0 aromatic heterocycles. The molecule has 12 nitrogen and oxygen atoms in total. The molecule has 444 valence electrons. The predicted molar refractivity (Wildman–Crippen MR) is 312 cm³/mol. The molecule has 12 heteroatoms. The van der Waals surface area contributed by atoms with Crippen molar-refractivity contribution in [1.29, 1.82) is 0 Å². The number of carboxylic acids is 1. The Labute approximate surface area is 468 Å². The zero-order chi connectivity index (χ0) is 56.1. The molecule has 6 atom stereocenters. The number of hydrogen-bond donors (Lipinski definition) is 3. The number of carbonyl (C=O) groups is 4. The number of ether oxygens (including phenoxy) is 5. The molecule has 0 radical (unpaired) electrons. The van der Waals surface area contributed by atoms with Crippen LogP contribution in [0.25, 0.3) is 0 Å². The van der Waals surface area contributed by atoms with Gasteiger partial charge in [0.1, 0.15) is 18.8 Å². The number of unbranched alkanes of at least 4 members (excludes halogenated alkanes) is 29. The highest BCUT2D eigenvalue weighted by Gasteiger charge is 2.50. The third kappa shape index (κ3) is 43.0. The van der Waals surface area contributed by atoms with Crippen LogP contribution >= 0.6 is 0 Å². The van der Waals surface area contributed by atoms with E-state index in [0.717, 1.165) is 122 Å². The predicted octanol–water partition coefficient (Wildman–Crippen LogP) is 16.3. The van der Waals surface area contributed by atoms with Crippen LogP contribution in [0.3, 0.4) is 0 Å². The van der Waals surface area contributed by atoms with Gasteiger partial charge in [-0.1, -0.05) is 236 Å². The molecule has 77 heavy (non-hydrogen) atoms. The van der Waals surface area contributed by atoms with Crippen LogP contribution in [0, 0.1) is 0 Å². The zero-order valence-electron chi connectivity index (χ0n) is 49.0. The third-order valence-electron chi connectivity index (χ3n) is 14.1. The van der Waals surface area contributed by atoms with Crippen molar-refractivity contribution in [3.05, 3.63) is 60.8 Å². The van der Waals surface area contributed by atoms with Crippen molar-refractivity contribution in [3.63, 3.8) is 0 Å². The average molecular weight is 1090 g/mol. The van der Waals surface area contributed by atoms with Crippen LogP contribution < -0.4 is 0 Å². The summed E-state index contributed by atoms with van der Waals surface area (Å²) in [7, 11) is 0. The van der Waals surface area contributed by atoms with Crippen molar-refractivity contribution < 1.29 is 58.2 Å². The van der Waals surface area contributed by atoms with E-state index in [1.54, 1.807) is 0 Å². The lowest BCUT2D eigenvalue weighted by atomic mass is 9.98. The Morgan fingerprint density at radius 2 is 0.818 bits per heavy atom. The second-order valence-corrected chi connectivity index (χ2v) is 21.3. The maximum Gasteiger partial charge on any atom is 0.335 e. The molecule has 0 saturated carbocycles. The van der Waals surface area contributed by atoms with E-state index in [4.69, 9.17) is 23.7 Å². The van der Waals surface area contributed by atoms with E-state index in [0.29, 0.717) is 19.3 Å². The van der Waals surface area contributed by atoms with Gasteiger partial charge in [0.15, 0.2) is 24.6 Å². The number of esters is 3. The number of aliphatic carboxylic acids is 1. The fourth-order valence-electron chi connectivity index (χ4n) is 9.30. The SMILES string of the molecule is CC/C=C\C/C=C\C/C=C\C/C=C\CCCCCCCCC(=O)OCC(COC1OC(C(=O)O)C(O)C(O)C1OC(=O)CCCCCCC/C=C\CCCCCC)OC(=O)CCCCCCCCCCCCCCCCC. The molecule has 1 heterocycles. The minimum Gasteiger partial charge on any atom is -0.479 e. The Kier molecular flexibility index (Phi) is 49.2. The van der Waals surface area contributed by atoms with Crippen molar-refractivity contribution in [2.45, 2.75) is 314 Å². The first-order valence-corrected chi connectivity index (χ1v) is 31.3. The largest absolute Gasteiger partial charge is 0.479 e. The first kappa shape index (κ1) is 71.4. The molecule has 1 aliphatic rings. The lowest BCUT2D eigenvalue weighted by Gasteiger charge is -2.40. The van der Waals surface area contributed by atoms with E-state index in [1.807, 2.05) is 0 Å². The quantitative estimate of drug-likeness (QED) is 0.0228. The molecular weight excluding hydrogens is 973 g/mol. The van der Waals surface area contributed by atoms with Crippen LogP contribution in [0.15, 0.2) is 60.8 Å². The van der Waals surface area contributed by atoms with Crippen LogP contribution in [0.5, 0.6) is 0 Å². The van der Waals surface area contributed by atoms with Gasteiger partial charge >= 0.3 is 23.9 Å². The molecule has 0 aromatic carbocycles. The van der Waals surface area contributed by atoms with Crippen LogP contribution in [-0.4, -0.2) is 89.2 Å². The Balaban J connectivity index is 2.67. The van der Waals surface area contributed by atoms with Gasteiger partial charge in [-0.3, -0.25) is 14.4 Å². The van der Waals surface area contributed by atoms with Gasteiger partial charge in [0, 0.05) is 19.3 Å². The van der Waals surface area contributed by atoms with Gasteiger partial charge in [-0.05, 0) is 83.5 Å². The van der Waals surface area contributed by atoms with Crippen LogP contribution in [0.2, 0.25) is 0 Å². The van der Waals surface area contributed by atoms with Gasteiger partial charge in [-0.25, -0.2) is 4.79 Å². The van der Waals surface area contributed by atoms with Gasteiger partial charge in [0.2, 0.25) is 0 Å². The summed E-state index contributed by atoms with van der Waals surface area (Å²) in [6.07, 6.45) is 53.2. The summed E-state index contributed by atoms with van der Waals surface area (Å²) in [5.41, 5.74) is 0. The fraction of sp³-hybridized carbons (Fsp3) is 0.785. The first-order valence-electron chi connectivity index (χ1n) is 31.3. The van der Waals surface area contributed by atoms with E-state index in [2.05, 4.69) is 81.5 Å². The van der Waals surface area contributed by atoms with Crippen molar-refractivity contribution in [2.24, 2.45) is 0 Å². The summed E-state index contributed by atoms with van der Waals surface area (Å²) < 4.78 is 28.5. The van der Waals surface area contributed by atoms with E-state index < -0.39 is 67.3 Å². The second kappa shape index (κ2) is 53.1. The van der Waals surface area contributed by atoms with E-state index in [1.165, 1.54) is 96.3 Å². The Morgan fingerprint density at radius 1 is 0.442 bits per heavy atom. The highest BCUT2D eigenvalue weighted by atomic mass is 16.7. The molecule has 1 fully saturated rings. The summed E-state index contributed by atoms with van der Waals surface area (Å²) >= 11 is 0. The third-order valence-corrected chi connectivity index (χ3v) is 14.1.